The lowest BCUT2D eigenvalue weighted by molar-refractivity contribution is -0.130. The van der Waals surface area contributed by atoms with Crippen molar-refractivity contribution >= 4 is 5.91 Å². The molecule has 1 unspecified atom stereocenters. The molecule has 1 amide bonds. The van der Waals surface area contributed by atoms with Crippen molar-refractivity contribution in [3.05, 3.63) is 0 Å². The van der Waals surface area contributed by atoms with E-state index in [1.165, 1.54) is 0 Å². The van der Waals surface area contributed by atoms with Crippen molar-refractivity contribution in [2.24, 2.45) is 0 Å². The number of hydrogen-bond acceptors (Lipinski definition) is 4. The first-order chi connectivity index (χ1) is 9.31. The number of amides is 1. The summed E-state index contributed by atoms with van der Waals surface area (Å²) in [5, 5.41) is 10.0. The molecular weight excluding hydrogens is 256 g/mol. The molecule has 1 saturated heterocycles. The third-order valence-electron chi connectivity index (χ3n) is 3.42. The molecule has 5 nitrogen and oxygen atoms in total. The van der Waals surface area contributed by atoms with Crippen LogP contribution in [0.4, 0.5) is 0 Å². The van der Waals surface area contributed by atoms with Crippen LogP contribution in [0, 0.1) is 0 Å². The summed E-state index contributed by atoms with van der Waals surface area (Å²) in [5.74, 6) is 0.225. The Kier molecular flexibility index (Phi) is 6.92. The van der Waals surface area contributed by atoms with E-state index in [0.29, 0.717) is 19.6 Å². The summed E-state index contributed by atoms with van der Waals surface area (Å²) in [6, 6.07) is 0. The Labute approximate surface area is 122 Å². The molecule has 0 bridgehead atoms. The van der Waals surface area contributed by atoms with Crippen molar-refractivity contribution in [3.63, 3.8) is 0 Å². The first-order valence-electron chi connectivity index (χ1n) is 7.64. The first-order valence-corrected chi connectivity index (χ1v) is 7.64. The van der Waals surface area contributed by atoms with E-state index in [4.69, 9.17) is 4.74 Å². The van der Waals surface area contributed by atoms with Crippen molar-refractivity contribution in [2.75, 3.05) is 39.3 Å². The van der Waals surface area contributed by atoms with Crippen LogP contribution in [0.5, 0.6) is 0 Å². The van der Waals surface area contributed by atoms with Gasteiger partial charge in [0.1, 0.15) is 0 Å². The summed E-state index contributed by atoms with van der Waals surface area (Å²) in [6.45, 7) is 12.2. The molecule has 1 heterocycles. The largest absolute Gasteiger partial charge is 0.389 e. The first kappa shape index (κ1) is 17.4. The summed E-state index contributed by atoms with van der Waals surface area (Å²) in [6.07, 6.45) is 1.07. The third-order valence-corrected chi connectivity index (χ3v) is 3.42. The number of β-amino-alcohol motifs (C(OH)–C–C–N with tert-alkyl or cyclic N) is 1. The number of nitrogens with zero attached hydrogens (tertiary/aromatic N) is 2. The molecule has 0 aromatic rings. The van der Waals surface area contributed by atoms with E-state index in [9.17, 15) is 9.90 Å². The molecule has 118 valence electrons. The number of aliphatic hydroxyl groups is 1. The standard InChI is InChI=1S/C15H30N2O3/c1-5-14(19)17-8-6-7-16(9-10-17)11-13(18)12-20-15(2,3)4/h13,18H,5-12H2,1-4H3. The van der Waals surface area contributed by atoms with Gasteiger partial charge >= 0.3 is 0 Å². The number of hydrogen-bond donors (Lipinski definition) is 1. The normalized spacial score (nSPS) is 19.8. The molecule has 1 atom stereocenters. The zero-order chi connectivity index (χ0) is 15.2. The lowest BCUT2D eigenvalue weighted by atomic mass is 10.2. The molecule has 0 aromatic heterocycles. The molecule has 1 fully saturated rings. The number of ether oxygens (including phenoxy) is 1. The predicted molar refractivity (Wildman–Crippen MR) is 79.6 cm³/mol. The second kappa shape index (κ2) is 7.96. The van der Waals surface area contributed by atoms with Crippen LogP contribution >= 0.6 is 0 Å². The Morgan fingerprint density at radius 3 is 2.55 bits per heavy atom. The van der Waals surface area contributed by atoms with Gasteiger partial charge in [0.05, 0.1) is 18.3 Å². The SMILES string of the molecule is CCC(=O)N1CCCN(CC(O)COC(C)(C)C)CC1. The minimum absolute atomic E-state index is 0.218. The van der Waals surface area contributed by atoms with Crippen molar-refractivity contribution in [2.45, 2.75) is 52.2 Å². The number of carbonyl (C=O) groups excluding carboxylic acids is 1. The maximum atomic E-state index is 11.7. The molecule has 0 aromatic carbocycles. The highest BCUT2D eigenvalue weighted by molar-refractivity contribution is 5.75. The summed E-state index contributed by atoms with van der Waals surface area (Å²) >= 11 is 0. The van der Waals surface area contributed by atoms with Crippen LogP contribution in [-0.4, -0.2) is 71.8 Å². The lowest BCUT2D eigenvalue weighted by Gasteiger charge is -2.26. The molecule has 0 saturated carbocycles. The van der Waals surface area contributed by atoms with Crippen molar-refractivity contribution < 1.29 is 14.6 Å². The van der Waals surface area contributed by atoms with Gasteiger partial charge in [-0.1, -0.05) is 6.92 Å². The smallest absolute Gasteiger partial charge is 0.222 e. The maximum absolute atomic E-state index is 11.7. The Balaban J connectivity index is 2.32. The van der Waals surface area contributed by atoms with Gasteiger partial charge in [0.15, 0.2) is 0 Å². The molecule has 1 aliphatic rings. The van der Waals surface area contributed by atoms with Crippen molar-refractivity contribution in [1.82, 2.24) is 9.80 Å². The highest BCUT2D eigenvalue weighted by Gasteiger charge is 2.20. The Hall–Kier alpha value is -0.650. The zero-order valence-corrected chi connectivity index (χ0v) is 13.4. The summed E-state index contributed by atoms with van der Waals surface area (Å²) in [5.41, 5.74) is -0.218. The minimum atomic E-state index is -0.470. The molecule has 0 spiro atoms. The zero-order valence-electron chi connectivity index (χ0n) is 13.4. The lowest BCUT2D eigenvalue weighted by Crippen LogP contribution is -2.39. The Bertz CT molecular complexity index is 302. The molecule has 20 heavy (non-hydrogen) atoms. The second-order valence-corrected chi connectivity index (χ2v) is 6.47. The van der Waals surface area contributed by atoms with Gasteiger partial charge < -0.3 is 14.7 Å². The van der Waals surface area contributed by atoms with E-state index in [1.54, 1.807) is 0 Å². The number of aliphatic hydroxyl groups excluding tert-OH is 1. The van der Waals surface area contributed by atoms with Crippen molar-refractivity contribution in [3.8, 4) is 0 Å². The quantitative estimate of drug-likeness (QED) is 0.822. The fraction of sp³-hybridized carbons (Fsp3) is 0.933. The molecule has 0 radical (unpaired) electrons. The van der Waals surface area contributed by atoms with Crippen LogP contribution in [0.25, 0.3) is 0 Å². The van der Waals surface area contributed by atoms with Crippen LogP contribution in [-0.2, 0) is 9.53 Å². The van der Waals surface area contributed by atoms with E-state index in [-0.39, 0.29) is 11.5 Å². The van der Waals surface area contributed by atoms with Gasteiger partial charge in [-0.2, -0.15) is 0 Å². The van der Waals surface area contributed by atoms with Crippen LogP contribution in [0.1, 0.15) is 40.5 Å². The molecule has 5 heteroatoms. The van der Waals surface area contributed by atoms with Gasteiger partial charge in [-0.05, 0) is 33.7 Å². The summed E-state index contributed by atoms with van der Waals surface area (Å²) in [7, 11) is 0. The highest BCUT2D eigenvalue weighted by atomic mass is 16.5. The number of carbonyl (C=O) groups is 1. The minimum Gasteiger partial charge on any atom is -0.389 e. The molecular formula is C15H30N2O3. The molecule has 1 N–H and O–H groups in total. The molecule has 1 aliphatic heterocycles. The Morgan fingerprint density at radius 2 is 1.95 bits per heavy atom. The van der Waals surface area contributed by atoms with Crippen molar-refractivity contribution in [1.29, 1.82) is 0 Å². The monoisotopic (exact) mass is 286 g/mol. The average Bonchev–Trinajstić information content (AvgIpc) is 2.60. The van der Waals surface area contributed by atoms with Crippen LogP contribution in [0.2, 0.25) is 0 Å². The fourth-order valence-corrected chi connectivity index (χ4v) is 2.32. The van der Waals surface area contributed by atoms with E-state index < -0.39 is 6.10 Å². The van der Waals surface area contributed by atoms with Crippen LogP contribution in [0.3, 0.4) is 0 Å². The second-order valence-electron chi connectivity index (χ2n) is 6.47. The van der Waals surface area contributed by atoms with E-state index in [2.05, 4.69) is 4.90 Å². The third kappa shape index (κ3) is 6.68. The van der Waals surface area contributed by atoms with E-state index in [1.807, 2.05) is 32.6 Å². The molecule has 1 rings (SSSR count). The summed E-state index contributed by atoms with van der Waals surface area (Å²) < 4.78 is 5.60. The number of rotatable bonds is 5. The van der Waals surface area contributed by atoms with E-state index in [0.717, 1.165) is 32.6 Å². The van der Waals surface area contributed by atoms with Gasteiger partial charge in [0.2, 0.25) is 5.91 Å². The highest BCUT2D eigenvalue weighted by Crippen LogP contribution is 2.09. The van der Waals surface area contributed by atoms with Gasteiger partial charge in [-0.3, -0.25) is 9.69 Å². The van der Waals surface area contributed by atoms with Crippen LogP contribution in [0.15, 0.2) is 0 Å². The average molecular weight is 286 g/mol. The topological polar surface area (TPSA) is 53.0 Å². The summed E-state index contributed by atoms with van der Waals surface area (Å²) in [4.78, 5) is 15.8. The van der Waals surface area contributed by atoms with Gasteiger partial charge in [-0.25, -0.2) is 0 Å². The van der Waals surface area contributed by atoms with Gasteiger partial charge in [-0.15, -0.1) is 0 Å². The van der Waals surface area contributed by atoms with Gasteiger partial charge in [0.25, 0.3) is 0 Å². The van der Waals surface area contributed by atoms with Gasteiger partial charge in [0, 0.05) is 32.6 Å². The molecule has 0 aliphatic carbocycles. The predicted octanol–water partition coefficient (Wildman–Crippen LogP) is 1.11. The Morgan fingerprint density at radius 1 is 1.25 bits per heavy atom. The van der Waals surface area contributed by atoms with Crippen LogP contribution < -0.4 is 0 Å². The maximum Gasteiger partial charge on any atom is 0.222 e. The fourth-order valence-electron chi connectivity index (χ4n) is 2.32. The van der Waals surface area contributed by atoms with E-state index >= 15 is 0 Å².